The molecule has 0 saturated carbocycles. The molecule has 3 saturated heterocycles. The molecule has 0 bridgehead atoms. The van der Waals surface area contributed by atoms with Crippen LogP contribution in [0.1, 0.15) is 44.1 Å². The highest BCUT2D eigenvalue weighted by molar-refractivity contribution is 7.90. The Balaban J connectivity index is 1.61. The lowest BCUT2D eigenvalue weighted by Gasteiger charge is -2.58. The minimum atomic E-state index is -4.19. The minimum absolute atomic E-state index is 0.0369. The number of sulfonamides is 1. The quantitative estimate of drug-likeness (QED) is 0.324. The van der Waals surface area contributed by atoms with E-state index in [1.54, 1.807) is 27.2 Å². The number of hydrogen-bond donors (Lipinski definition) is 0. The summed E-state index contributed by atoms with van der Waals surface area (Å²) >= 11 is 0. The van der Waals surface area contributed by atoms with Crippen LogP contribution in [0.5, 0.6) is 11.5 Å². The van der Waals surface area contributed by atoms with Crippen molar-refractivity contribution in [3.05, 3.63) is 58.1 Å². The summed E-state index contributed by atoms with van der Waals surface area (Å²) in [5.74, 6) is 1.56. The van der Waals surface area contributed by atoms with Gasteiger partial charge in [-0.25, -0.2) is 0 Å². The van der Waals surface area contributed by atoms with Crippen molar-refractivity contribution in [2.75, 3.05) is 47.4 Å². The summed E-state index contributed by atoms with van der Waals surface area (Å²) in [5.41, 5.74) is 0.651. The number of rotatable bonds is 8. The van der Waals surface area contributed by atoms with Gasteiger partial charge in [-0.1, -0.05) is 0 Å². The molecule has 0 aromatic heterocycles. The van der Waals surface area contributed by atoms with Crippen molar-refractivity contribution in [3.63, 3.8) is 0 Å². The van der Waals surface area contributed by atoms with Crippen molar-refractivity contribution in [2.45, 2.75) is 55.5 Å². The largest absolute Gasteiger partial charge is 0.497 e. The Bertz CT molecular complexity index is 1460. The Morgan fingerprint density at radius 2 is 1.53 bits per heavy atom. The number of benzene rings is 2. The third kappa shape index (κ3) is 6.32. The number of nitro groups is 1. The number of hydrogen-bond acceptors (Lipinski definition) is 8. The number of methoxy groups -OCH3 is 2. The number of carbonyl (C=O) groups is 1. The third-order valence-corrected chi connectivity index (χ3v) is 10.3. The molecular weight excluding hydrogens is 574 g/mol. The zero-order valence-corrected chi connectivity index (χ0v) is 25.8. The SMILES string of the molecule is COc1cc(OC)cc(C2C(=NS(=O)(=O)c3ccc([N+](=O)[O-])cc3)N(C3CCN(C)CC3)C2C2CCN(C(C)=O)CC2)c1. The van der Waals surface area contributed by atoms with E-state index in [1.165, 1.54) is 24.3 Å². The van der Waals surface area contributed by atoms with Crippen LogP contribution >= 0.6 is 0 Å². The normalized spacial score (nSPS) is 23.2. The maximum Gasteiger partial charge on any atom is 0.283 e. The van der Waals surface area contributed by atoms with E-state index in [0.29, 0.717) is 30.4 Å². The third-order valence-electron chi connectivity index (χ3n) is 9.05. The summed E-state index contributed by atoms with van der Waals surface area (Å²) in [4.78, 5) is 28.9. The number of carbonyl (C=O) groups excluding carboxylic acids is 1. The highest BCUT2D eigenvalue weighted by Gasteiger charge is 2.53. The lowest BCUT2D eigenvalue weighted by atomic mass is 9.70. The first-order chi connectivity index (χ1) is 20.5. The first-order valence-electron chi connectivity index (χ1n) is 14.6. The van der Waals surface area contributed by atoms with Crippen molar-refractivity contribution < 1.29 is 27.6 Å². The van der Waals surface area contributed by atoms with E-state index >= 15 is 0 Å². The second-order valence-electron chi connectivity index (χ2n) is 11.6. The van der Waals surface area contributed by atoms with E-state index in [0.717, 1.165) is 44.3 Å². The molecule has 43 heavy (non-hydrogen) atoms. The smallest absolute Gasteiger partial charge is 0.283 e. The molecule has 3 fully saturated rings. The van der Waals surface area contributed by atoms with Crippen molar-refractivity contribution in [2.24, 2.45) is 10.3 Å². The lowest BCUT2D eigenvalue weighted by Crippen LogP contribution is -2.67. The van der Waals surface area contributed by atoms with Crippen LogP contribution in [-0.4, -0.2) is 99.3 Å². The molecule has 0 N–H and O–H groups in total. The average molecular weight is 614 g/mol. The summed E-state index contributed by atoms with van der Waals surface area (Å²) in [6, 6.07) is 10.5. The molecule has 2 aromatic rings. The minimum Gasteiger partial charge on any atom is -0.497 e. The van der Waals surface area contributed by atoms with Gasteiger partial charge < -0.3 is 24.2 Å². The Morgan fingerprint density at radius 1 is 0.953 bits per heavy atom. The lowest BCUT2D eigenvalue weighted by molar-refractivity contribution is -0.384. The molecule has 3 heterocycles. The van der Waals surface area contributed by atoms with Gasteiger partial charge in [0.25, 0.3) is 15.7 Å². The van der Waals surface area contributed by atoms with E-state index in [1.807, 2.05) is 17.0 Å². The van der Waals surface area contributed by atoms with Gasteiger partial charge in [-0.3, -0.25) is 14.9 Å². The maximum atomic E-state index is 13.7. The summed E-state index contributed by atoms with van der Waals surface area (Å²) in [6.45, 7) is 4.67. The predicted molar refractivity (Wildman–Crippen MR) is 161 cm³/mol. The van der Waals surface area contributed by atoms with Gasteiger partial charge in [-0.2, -0.15) is 8.42 Å². The van der Waals surface area contributed by atoms with Gasteiger partial charge in [-0.05, 0) is 81.6 Å². The first kappa shape index (κ1) is 30.7. The molecule has 12 nitrogen and oxygen atoms in total. The number of non-ortho nitro benzene ring substituents is 1. The predicted octanol–water partition coefficient (Wildman–Crippen LogP) is 3.52. The second kappa shape index (κ2) is 12.5. The molecule has 232 valence electrons. The first-order valence-corrected chi connectivity index (χ1v) is 16.0. The Kier molecular flexibility index (Phi) is 8.93. The van der Waals surface area contributed by atoms with Crippen molar-refractivity contribution >= 4 is 27.5 Å². The average Bonchev–Trinajstić information content (AvgIpc) is 3.00. The van der Waals surface area contributed by atoms with Crippen LogP contribution in [0, 0.1) is 16.0 Å². The van der Waals surface area contributed by atoms with Crippen molar-refractivity contribution in [1.82, 2.24) is 14.7 Å². The summed E-state index contributed by atoms with van der Waals surface area (Å²) in [5, 5.41) is 11.2. The molecule has 13 heteroatoms. The summed E-state index contributed by atoms with van der Waals surface area (Å²) < 4.78 is 43.1. The number of ether oxygens (including phenoxy) is 2. The standard InChI is InChI=1S/C30H39N5O7S/c1-20(36)33-15-9-21(10-16-33)29-28(22-17-25(41-3)19-26(18-22)42-4)30(34(29)23-11-13-32(2)14-12-23)31-43(39,40)27-7-5-24(6-8-27)35(37)38/h5-8,17-19,21,23,28-29H,9-16H2,1-4H3. The maximum absolute atomic E-state index is 13.7. The molecule has 0 aliphatic carbocycles. The van der Waals surface area contributed by atoms with Crippen LogP contribution in [0.2, 0.25) is 0 Å². The molecule has 2 atom stereocenters. The fraction of sp³-hybridized carbons (Fsp3) is 0.533. The van der Waals surface area contributed by atoms with Gasteiger partial charge in [0.1, 0.15) is 17.3 Å². The van der Waals surface area contributed by atoms with Crippen molar-refractivity contribution in [1.29, 1.82) is 0 Å². The van der Waals surface area contributed by atoms with Crippen LogP contribution in [-0.2, 0) is 14.8 Å². The molecular formula is C30H39N5O7S. The molecule has 2 aromatic carbocycles. The van der Waals surface area contributed by atoms with Gasteiger partial charge in [0.05, 0.1) is 30.0 Å². The molecule has 1 amide bonds. The van der Waals surface area contributed by atoms with Crippen LogP contribution in [0.15, 0.2) is 51.8 Å². The van der Waals surface area contributed by atoms with E-state index in [2.05, 4.69) is 21.2 Å². The highest BCUT2D eigenvalue weighted by atomic mass is 32.2. The molecule has 0 radical (unpaired) electrons. The summed E-state index contributed by atoms with van der Waals surface area (Å²) in [7, 11) is 1.04. The molecule has 0 spiro atoms. The zero-order valence-electron chi connectivity index (χ0n) is 25.0. The van der Waals surface area contributed by atoms with Gasteiger partial charge in [-0.15, -0.1) is 4.40 Å². The fourth-order valence-electron chi connectivity index (χ4n) is 6.68. The van der Waals surface area contributed by atoms with Gasteiger partial charge in [0.2, 0.25) is 5.91 Å². The van der Waals surface area contributed by atoms with Crippen molar-refractivity contribution in [3.8, 4) is 11.5 Å². The van der Waals surface area contributed by atoms with Crippen LogP contribution in [0.25, 0.3) is 0 Å². The number of piperidine rings is 2. The van der Waals surface area contributed by atoms with Gasteiger partial charge in [0.15, 0.2) is 0 Å². The molecule has 5 rings (SSSR count). The van der Waals surface area contributed by atoms with Gasteiger partial charge >= 0.3 is 0 Å². The van der Waals surface area contributed by atoms with E-state index in [-0.39, 0.29) is 40.4 Å². The summed E-state index contributed by atoms with van der Waals surface area (Å²) in [6.07, 6.45) is 3.33. The van der Waals surface area contributed by atoms with Crippen LogP contribution < -0.4 is 9.47 Å². The fourth-order valence-corrected chi connectivity index (χ4v) is 7.72. The molecule has 3 aliphatic rings. The number of likely N-dealkylation sites (tertiary alicyclic amines) is 3. The second-order valence-corrected chi connectivity index (χ2v) is 13.2. The van der Waals surface area contributed by atoms with Crippen LogP contribution in [0.4, 0.5) is 5.69 Å². The molecule has 2 unspecified atom stereocenters. The Hall–Kier alpha value is -3.71. The number of nitrogens with zero attached hydrogens (tertiary/aromatic N) is 5. The van der Waals surface area contributed by atoms with E-state index in [9.17, 15) is 23.3 Å². The number of amidine groups is 1. The topological polar surface area (TPSA) is 135 Å². The molecule has 3 aliphatic heterocycles. The number of amides is 1. The van der Waals surface area contributed by atoms with E-state index in [4.69, 9.17) is 9.47 Å². The zero-order chi connectivity index (χ0) is 30.9. The monoisotopic (exact) mass is 613 g/mol. The Labute approximate surface area is 252 Å². The van der Waals surface area contributed by atoms with E-state index < -0.39 is 14.9 Å². The highest BCUT2D eigenvalue weighted by Crippen LogP contribution is 2.48. The number of nitro benzene ring substituents is 1. The Morgan fingerprint density at radius 3 is 2.05 bits per heavy atom. The van der Waals surface area contributed by atoms with Gasteiger partial charge in [0, 0.05) is 50.3 Å². The van der Waals surface area contributed by atoms with Crippen LogP contribution in [0.3, 0.4) is 0 Å².